The maximum Gasteiger partial charge on any atom is 0.446 e. The first-order chi connectivity index (χ1) is 15.8. The van der Waals surface area contributed by atoms with Crippen molar-refractivity contribution in [2.24, 2.45) is 0 Å². The van der Waals surface area contributed by atoms with Crippen molar-refractivity contribution in [2.75, 3.05) is 5.73 Å². The summed E-state index contributed by atoms with van der Waals surface area (Å²) >= 11 is 11.5. The first-order valence-corrected chi connectivity index (χ1v) is 10.8. The van der Waals surface area contributed by atoms with E-state index in [0.717, 1.165) is 10.1 Å². The van der Waals surface area contributed by atoms with Crippen LogP contribution in [0.15, 0.2) is 47.4 Å². The summed E-state index contributed by atoms with van der Waals surface area (Å²) in [5.41, 5.74) is 0.201. The Hall–Kier alpha value is -2.71. The van der Waals surface area contributed by atoms with Gasteiger partial charge < -0.3 is 15.6 Å². The third-order valence-electron chi connectivity index (χ3n) is 4.59. The molecule has 34 heavy (non-hydrogen) atoms. The standard InChI is InChI=1S/C18H11BCl2F6N6S/c20-10-6-8(17(22,23)24)7-11(21)13(10)33-15(28)14(34-18(25,26)27)12(31-33)16-29-19(32-30-16)9-4-2-1-3-5-9/h1-7,29,32H,28H2. The fourth-order valence-corrected chi connectivity index (χ4v) is 4.45. The number of H-pyrrole nitrogens is 2. The average Bonchev–Trinajstić information content (AvgIpc) is 3.33. The molecule has 0 atom stereocenters. The number of nitrogens with two attached hydrogens (primary N) is 1. The molecular formula is C18H11BCl2F6N6S. The van der Waals surface area contributed by atoms with Crippen molar-refractivity contribution in [1.82, 2.24) is 19.9 Å². The maximum atomic E-state index is 13.3. The van der Waals surface area contributed by atoms with E-state index in [9.17, 15) is 26.3 Å². The summed E-state index contributed by atoms with van der Waals surface area (Å²) in [7, 11) is 0. The number of hydrogen-bond donors (Lipinski definition) is 2. The Morgan fingerprint density at radius 3 is 2.21 bits per heavy atom. The molecule has 6 nitrogen and oxygen atoms in total. The molecule has 0 spiro atoms. The Balaban J connectivity index is 1.88. The van der Waals surface area contributed by atoms with Crippen molar-refractivity contribution in [3.8, 4) is 22.7 Å². The lowest BCUT2D eigenvalue weighted by Gasteiger charge is -2.13. The molecule has 0 radical (unpaired) electrons. The largest absolute Gasteiger partial charge is 0.462 e. The molecule has 0 aliphatic rings. The third-order valence-corrected chi connectivity index (χ3v) is 6.01. The number of thioether (sulfide) groups is 1. The van der Waals surface area contributed by atoms with Gasteiger partial charge in [-0.15, -0.1) is 0 Å². The van der Waals surface area contributed by atoms with Crippen LogP contribution in [0.5, 0.6) is 0 Å². The van der Waals surface area contributed by atoms with Gasteiger partial charge >= 0.3 is 11.7 Å². The minimum atomic E-state index is -4.75. The SMILES string of the molecule is Nc1c(SC(F)(F)F)c(-c2n[nH][b-](-c3ccccc3)[nH+]2)nn1-c1c(Cl)cc(C(F)(F)F)cc1Cl. The highest BCUT2D eigenvalue weighted by Crippen LogP contribution is 2.46. The fraction of sp³-hybridized carbons (Fsp3) is 0.111. The number of aromatic amines is 2. The van der Waals surface area contributed by atoms with Crippen LogP contribution in [0.25, 0.3) is 22.7 Å². The topological polar surface area (TPSA) is 86.7 Å². The zero-order chi connectivity index (χ0) is 24.8. The van der Waals surface area contributed by atoms with E-state index in [-0.39, 0.29) is 17.2 Å². The Labute approximate surface area is 201 Å². The van der Waals surface area contributed by atoms with Gasteiger partial charge in [0.05, 0.1) is 20.5 Å². The summed E-state index contributed by atoms with van der Waals surface area (Å²) in [4.78, 5) is 2.39. The second-order valence-electron chi connectivity index (χ2n) is 6.89. The van der Waals surface area contributed by atoms with Crippen molar-refractivity contribution in [2.45, 2.75) is 16.6 Å². The van der Waals surface area contributed by atoms with Gasteiger partial charge in [-0.25, -0.2) is 4.68 Å². The number of nitrogens with one attached hydrogen (secondary N) is 2. The van der Waals surface area contributed by atoms with Crippen LogP contribution in [0, 0.1) is 0 Å². The molecule has 4 aromatic rings. The Morgan fingerprint density at radius 1 is 1.03 bits per heavy atom. The number of rotatable bonds is 4. The molecule has 0 amide bonds. The smallest absolute Gasteiger partial charge is 0.446 e. The first-order valence-electron chi connectivity index (χ1n) is 9.21. The van der Waals surface area contributed by atoms with Gasteiger partial charge in [-0.3, -0.25) is 0 Å². The Bertz CT molecular complexity index is 1330. The molecule has 16 heteroatoms. The van der Waals surface area contributed by atoms with Crippen LogP contribution < -0.4 is 10.6 Å². The highest BCUT2D eigenvalue weighted by atomic mass is 35.5. The number of nitrogens with zero attached hydrogens (tertiary/aromatic N) is 3. The molecule has 4 rings (SSSR count). The van der Waals surface area contributed by atoms with Crippen LogP contribution in [0.3, 0.4) is 0 Å². The highest BCUT2D eigenvalue weighted by Gasteiger charge is 2.37. The van der Waals surface area contributed by atoms with Crippen LogP contribution in [0.2, 0.25) is 10.0 Å². The third kappa shape index (κ3) is 4.88. The fourth-order valence-electron chi connectivity index (χ4n) is 3.15. The van der Waals surface area contributed by atoms with Gasteiger partial charge in [0.1, 0.15) is 11.5 Å². The molecule has 2 heterocycles. The molecule has 0 saturated carbocycles. The molecule has 0 saturated heterocycles. The van der Waals surface area contributed by atoms with Gasteiger partial charge in [0.25, 0.3) is 12.5 Å². The van der Waals surface area contributed by atoms with Crippen LogP contribution in [0.1, 0.15) is 5.56 Å². The van der Waals surface area contributed by atoms with E-state index in [2.05, 4.69) is 20.1 Å². The van der Waals surface area contributed by atoms with Gasteiger partial charge in [-0.1, -0.05) is 53.5 Å². The molecule has 2 aromatic heterocycles. The normalized spacial score (nSPS) is 12.4. The zero-order valence-electron chi connectivity index (χ0n) is 16.5. The minimum Gasteiger partial charge on any atom is -0.462 e. The predicted octanol–water partition coefficient (Wildman–Crippen LogP) is 5.61. The van der Waals surface area contributed by atoms with Gasteiger partial charge in [0.15, 0.2) is 5.69 Å². The summed E-state index contributed by atoms with van der Waals surface area (Å²) in [6.07, 6.45) is -4.75. The van der Waals surface area contributed by atoms with E-state index in [1.165, 1.54) is 0 Å². The molecule has 0 aliphatic carbocycles. The van der Waals surface area contributed by atoms with E-state index in [1.807, 2.05) is 0 Å². The van der Waals surface area contributed by atoms with Crippen molar-refractivity contribution < 1.29 is 31.2 Å². The van der Waals surface area contributed by atoms with Gasteiger partial charge in [-0.05, 0) is 29.0 Å². The molecule has 4 N–H and O–H groups in total. The van der Waals surface area contributed by atoms with Gasteiger partial charge in [0.2, 0.25) is 0 Å². The van der Waals surface area contributed by atoms with Crippen LogP contribution >= 0.6 is 35.0 Å². The summed E-state index contributed by atoms with van der Waals surface area (Å²) in [6.45, 7) is -0.565. The van der Waals surface area contributed by atoms with Gasteiger partial charge in [-0.2, -0.15) is 36.9 Å². The predicted molar refractivity (Wildman–Crippen MR) is 116 cm³/mol. The van der Waals surface area contributed by atoms with E-state index in [1.54, 1.807) is 30.3 Å². The van der Waals surface area contributed by atoms with Crippen LogP contribution in [0.4, 0.5) is 32.2 Å². The number of halogens is 8. The minimum absolute atomic E-state index is 0.0646. The number of alkyl halides is 6. The second-order valence-corrected chi connectivity index (χ2v) is 8.78. The number of anilines is 1. The maximum absolute atomic E-state index is 13.3. The number of aromatic nitrogens is 5. The summed E-state index contributed by atoms with van der Waals surface area (Å²) in [5.74, 6) is -0.598. The summed E-state index contributed by atoms with van der Waals surface area (Å²) < 4.78 is 79.9. The highest BCUT2D eigenvalue weighted by molar-refractivity contribution is 8.00. The lowest BCUT2D eigenvalue weighted by Crippen LogP contribution is -2.20. The number of hydrogen-bond acceptors (Lipinski definition) is 4. The van der Waals surface area contributed by atoms with E-state index in [4.69, 9.17) is 28.9 Å². The lowest BCUT2D eigenvalue weighted by atomic mass is 9.80. The lowest BCUT2D eigenvalue weighted by molar-refractivity contribution is -0.298. The first kappa shape index (κ1) is 24.4. The number of nitrogen functional groups attached to an aromatic ring is 1. The van der Waals surface area contributed by atoms with Gasteiger partial charge in [0, 0.05) is 0 Å². The second kappa shape index (κ2) is 8.82. The summed E-state index contributed by atoms with van der Waals surface area (Å²) in [5, 5.41) is 9.83. The molecular weight excluding hydrogens is 528 g/mol. The number of benzene rings is 2. The van der Waals surface area contributed by atoms with E-state index >= 15 is 0 Å². The van der Waals surface area contributed by atoms with E-state index < -0.39 is 56.4 Å². The Kier molecular flexibility index (Phi) is 6.33. The van der Waals surface area contributed by atoms with E-state index in [0.29, 0.717) is 12.1 Å². The molecule has 0 aliphatic heterocycles. The van der Waals surface area contributed by atoms with Crippen molar-refractivity contribution >= 4 is 47.4 Å². The molecule has 178 valence electrons. The monoisotopic (exact) mass is 538 g/mol. The molecule has 2 aromatic carbocycles. The Morgan fingerprint density at radius 2 is 1.65 bits per heavy atom. The van der Waals surface area contributed by atoms with Crippen molar-refractivity contribution in [3.05, 3.63) is 58.1 Å². The molecule has 0 bridgehead atoms. The van der Waals surface area contributed by atoms with Crippen molar-refractivity contribution in [1.29, 1.82) is 0 Å². The average molecular weight is 539 g/mol. The quantitative estimate of drug-likeness (QED) is 0.261. The zero-order valence-corrected chi connectivity index (χ0v) is 18.8. The van der Waals surface area contributed by atoms with Crippen molar-refractivity contribution in [3.63, 3.8) is 0 Å². The van der Waals surface area contributed by atoms with Crippen LogP contribution in [-0.4, -0.2) is 32.0 Å². The van der Waals surface area contributed by atoms with Crippen LogP contribution in [-0.2, 0) is 6.18 Å². The summed E-state index contributed by atoms with van der Waals surface area (Å²) in [6, 6.07) is 10.0. The molecule has 0 fully saturated rings. The molecule has 0 unspecified atom stereocenters.